The average Bonchev–Trinajstić information content (AvgIpc) is 2.62. The molecular formula is C19H22F3N3O2. The van der Waals surface area contributed by atoms with Gasteiger partial charge in [0.15, 0.2) is 5.96 Å². The van der Waals surface area contributed by atoms with E-state index in [0.717, 1.165) is 23.3 Å². The first-order chi connectivity index (χ1) is 12.9. The van der Waals surface area contributed by atoms with Crippen molar-refractivity contribution in [1.29, 1.82) is 0 Å². The number of hydrogen-bond acceptors (Lipinski definition) is 3. The summed E-state index contributed by atoms with van der Waals surface area (Å²) in [6.07, 6.45) is -3.33. The van der Waals surface area contributed by atoms with E-state index >= 15 is 0 Å². The fourth-order valence-electron chi connectivity index (χ4n) is 2.35. The van der Waals surface area contributed by atoms with Gasteiger partial charge in [0.05, 0.1) is 7.11 Å². The number of aliphatic imine (C=N–C) groups is 1. The lowest BCUT2D eigenvalue weighted by atomic mass is 10.1. The topological polar surface area (TPSA) is 68.9 Å². The smallest absolute Gasteiger partial charge is 0.497 e. The number of nitrogens with zero attached hydrogens (tertiary/aromatic N) is 1. The number of rotatable bonds is 8. The Balaban J connectivity index is 1.70. The molecule has 27 heavy (non-hydrogen) atoms. The molecule has 146 valence electrons. The number of nitrogens with two attached hydrogens (primary N) is 1. The summed E-state index contributed by atoms with van der Waals surface area (Å²) < 4.78 is 45.3. The van der Waals surface area contributed by atoms with Gasteiger partial charge in [-0.25, -0.2) is 0 Å². The predicted molar refractivity (Wildman–Crippen MR) is 98.0 cm³/mol. The molecule has 0 heterocycles. The molecule has 0 bridgehead atoms. The molecule has 2 rings (SSSR count). The van der Waals surface area contributed by atoms with Crippen LogP contribution in [0.1, 0.15) is 11.1 Å². The Bertz CT molecular complexity index is 729. The van der Waals surface area contributed by atoms with Crippen LogP contribution < -0.4 is 20.5 Å². The average molecular weight is 381 g/mol. The Kier molecular flexibility index (Phi) is 7.34. The number of halogens is 3. The molecule has 8 heteroatoms. The van der Waals surface area contributed by atoms with Crippen LogP contribution in [0.15, 0.2) is 53.5 Å². The van der Waals surface area contributed by atoms with Gasteiger partial charge in [-0.1, -0.05) is 24.3 Å². The summed E-state index contributed by atoms with van der Waals surface area (Å²) in [4.78, 5) is 4.21. The molecule has 0 spiro atoms. The molecule has 5 nitrogen and oxygen atoms in total. The van der Waals surface area contributed by atoms with Crippen LogP contribution in [0, 0.1) is 0 Å². The number of guanidine groups is 1. The Morgan fingerprint density at radius 1 is 0.963 bits per heavy atom. The van der Waals surface area contributed by atoms with Gasteiger partial charge in [-0.15, -0.1) is 13.2 Å². The minimum atomic E-state index is -4.68. The Morgan fingerprint density at radius 2 is 1.52 bits per heavy atom. The van der Waals surface area contributed by atoms with Crippen LogP contribution >= 0.6 is 0 Å². The summed E-state index contributed by atoms with van der Waals surface area (Å²) in [6.45, 7) is 1.08. The molecule has 0 saturated heterocycles. The number of hydrogen-bond donors (Lipinski definition) is 2. The first-order valence-corrected chi connectivity index (χ1v) is 8.37. The van der Waals surface area contributed by atoms with E-state index in [9.17, 15) is 13.2 Å². The van der Waals surface area contributed by atoms with Crippen molar-refractivity contribution in [2.24, 2.45) is 10.7 Å². The van der Waals surface area contributed by atoms with E-state index in [0.29, 0.717) is 25.5 Å². The van der Waals surface area contributed by atoms with Crippen molar-refractivity contribution >= 4 is 5.96 Å². The zero-order valence-electron chi connectivity index (χ0n) is 14.9. The van der Waals surface area contributed by atoms with E-state index in [1.54, 1.807) is 19.2 Å². The van der Waals surface area contributed by atoms with Gasteiger partial charge >= 0.3 is 6.36 Å². The second-order valence-corrected chi connectivity index (χ2v) is 5.73. The lowest BCUT2D eigenvalue weighted by Crippen LogP contribution is -2.33. The van der Waals surface area contributed by atoms with Crippen LogP contribution in [0.5, 0.6) is 11.5 Å². The quantitative estimate of drug-likeness (QED) is 0.544. The predicted octanol–water partition coefficient (Wildman–Crippen LogP) is 3.28. The molecule has 0 aliphatic heterocycles. The Labute approximate surface area is 156 Å². The van der Waals surface area contributed by atoms with Crippen LogP contribution in [-0.4, -0.2) is 32.5 Å². The fourth-order valence-corrected chi connectivity index (χ4v) is 2.35. The highest BCUT2D eigenvalue weighted by atomic mass is 19.4. The third-order valence-electron chi connectivity index (χ3n) is 3.72. The van der Waals surface area contributed by atoms with Gasteiger partial charge in [0.2, 0.25) is 0 Å². The molecule has 3 N–H and O–H groups in total. The van der Waals surface area contributed by atoms with E-state index in [4.69, 9.17) is 10.5 Å². The number of alkyl halides is 3. The monoisotopic (exact) mass is 381 g/mol. The lowest BCUT2D eigenvalue weighted by Gasteiger charge is -2.09. The summed E-state index contributed by atoms with van der Waals surface area (Å²) in [7, 11) is 1.62. The SMILES string of the molecule is COc1ccc(CCNC(N)=NCCc2ccc(OC(F)(F)F)cc2)cc1. The van der Waals surface area contributed by atoms with Crippen LogP contribution in [0.2, 0.25) is 0 Å². The van der Waals surface area contributed by atoms with Gasteiger partial charge < -0.3 is 20.5 Å². The van der Waals surface area contributed by atoms with Crippen LogP contribution in [-0.2, 0) is 12.8 Å². The van der Waals surface area contributed by atoms with E-state index < -0.39 is 6.36 Å². The molecule has 0 fully saturated rings. The highest BCUT2D eigenvalue weighted by Gasteiger charge is 2.30. The normalized spacial score (nSPS) is 11.9. The van der Waals surface area contributed by atoms with E-state index in [1.165, 1.54) is 12.1 Å². The molecule has 0 unspecified atom stereocenters. The molecular weight excluding hydrogens is 359 g/mol. The van der Waals surface area contributed by atoms with Crippen molar-refractivity contribution in [1.82, 2.24) is 5.32 Å². The molecule has 0 aromatic heterocycles. The van der Waals surface area contributed by atoms with Gasteiger partial charge in [0, 0.05) is 13.1 Å². The van der Waals surface area contributed by atoms with Crippen LogP contribution in [0.3, 0.4) is 0 Å². The number of ether oxygens (including phenoxy) is 2. The van der Waals surface area contributed by atoms with Gasteiger partial charge in [0.25, 0.3) is 0 Å². The van der Waals surface area contributed by atoms with Gasteiger partial charge in [-0.05, 0) is 48.2 Å². The number of benzene rings is 2. The van der Waals surface area contributed by atoms with Crippen molar-refractivity contribution in [3.05, 3.63) is 59.7 Å². The van der Waals surface area contributed by atoms with Crippen molar-refractivity contribution in [3.8, 4) is 11.5 Å². The standard InChI is InChI=1S/C19H22F3N3O2/c1-26-16-6-2-14(3-7-16)10-12-24-18(23)25-13-11-15-4-8-17(9-5-15)27-19(20,21)22/h2-9H,10-13H2,1H3,(H3,23,24,25). The summed E-state index contributed by atoms with van der Waals surface area (Å²) in [6, 6.07) is 13.5. The van der Waals surface area contributed by atoms with Gasteiger partial charge in [0.1, 0.15) is 11.5 Å². The van der Waals surface area contributed by atoms with E-state index in [2.05, 4.69) is 15.0 Å². The third-order valence-corrected chi connectivity index (χ3v) is 3.72. The summed E-state index contributed by atoms with van der Waals surface area (Å²) in [5, 5.41) is 3.03. The number of methoxy groups -OCH3 is 1. The molecule has 0 radical (unpaired) electrons. The van der Waals surface area contributed by atoms with Gasteiger partial charge in [-0.2, -0.15) is 0 Å². The molecule has 0 aliphatic carbocycles. The van der Waals surface area contributed by atoms with Crippen molar-refractivity contribution in [2.45, 2.75) is 19.2 Å². The maximum atomic E-state index is 12.1. The summed E-state index contributed by atoms with van der Waals surface area (Å²) in [5.41, 5.74) is 7.81. The first-order valence-electron chi connectivity index (χ1n) is 8.37. The van der Waals surface area contributed by atoms with Crippen LogP contribution in [0.4, 0.5) is 13.2 Å². The molecule has 2 aromatic carbocycles. The Hall–Kier alpha value is -2.90. The Morgan fingerprint density at radius 3 is 2.07 bits per heavy atom. The lowest BCUT2D eigenvalue weighted by molar-refractivity contribution is -0.274. The fraction of sp³-hybridized carbons (Fsp3) is 0.316. The van der Waals surface area contributed by atoms with E-state index in [1.807, 2.05) is 24.3 Å². The maximum absolute atomic E-state index is 12.1. The summed E-state index contributed by atoms with van der Waals surface area (Å²) >= 11 is 0. The minimum absolute atomic E-state index is 0.241. The zero-order chi connectivity index (χ0) is 19.7. The largest absolute Gasteiger partial charge is 0.573 e. The van der Waals surface area contributed by atoms with Crippen molar-refractivity contribution in [2.75, 3.05) is 20.2 Å². The molecule has 2 aromatic rings. The molecule has 0 saturated carbocycles. The van der Waals surface area contributed by atoms with Crippen molar-refractivity contribution in [3.63, 3.8) is 0 Å². The maximum Gasteiger partial charge on any atom is 0.573 e. The first kappa shape index (κ1) is 20.4. The highest BCUT2D eigenvalue weighted by molar-refractivity contribution is 5.77. The summed E-state index contributed by atoms with van der Waals surface area (Å²) in [5.74, 6) is 0.904. The second kappa shape index (κ2) is 9.70. The van der Waals surface area contributed by atoms with Gasteiger partial charge in [-0.3, -0.25) is 4.99 Å². The van der Waals surface area contributed by atoms with E-state index in [-0.39, 0.29) is 5.75 Å². The highest BCUT2D eigenvalue weighted by Crippen LogP contribution is 2.22. The molecule has 0 aliphatic rings. The minimum Gasteiger partial charge on any atom is -0.497 e. The second-order valence-electron chi connectivity index (χ2n) is 5.73. The van der Waals surface area contributed by atoms with Crippen molar-refractivity contribution < 1.29 is 22.6 Å². The van der Waals surface area contributed by atoms with Crippen LogP contribution in [0.25, 0.3) is 0 Å². The zero-order valence-corrected chi connectivity index (χ0v) is 14.9. The molecule has 0 amide bonds. The number of nitrogens with one attached hydrogen (secondary N) is 1. The third kappa shape index (κ3) is 7.89. The molecule has 0 atom stereocenters.